The highest BCUT2D eigenvalue weighted by atomic mass is 16.4. The molecule has 1 aromatic rings. The van der Waals surface area contributed by atoms with Crippen molar-refractivity contribution in [2.24, 2.45) is 0 Å². The quantitative estimate of drug-likeness (QED) is 0.739. The maximum Gasteiger partial charge on any atom is 0.230 e. The molecule has 1 heterocycles. The maximum absolute atomic E-state index is 5.33. The second kappa shape index (κ2) is 7.39. The molecule has 1 N–H and O–H groups in total. The lowest BCUT2D eigenvalue weighted by atomic mass is 10.1. The van der Waals surface area contributed by atoms with Gasteiger partial charge in [-0.25, -0.2) is 0 Å². The first kappa shape index (κ1) is 13.2. The summed E-state index contributed by atoms with van der Waals surface area (Å²) in [5.74, 6) is 1.33. The predicted octanol–water partition coefficient (Wildman–Crippen LogP) is 2.83. The monoisotopic (exact) mass is 225 g/mol. The Morgan fingerprint density at radius 1 is 1.19 bits per heavy atom. The first-order chi connectivity index (χ1) is 7.76. The van der Waals surface area contributed by atoms with Gasteiger partial charge in [0, 0.05) is 13.0 Å². The average molecular weight is 225 g/mol. The van der Waals surface area contributed by atoms with Gasteiger partial charge in [-0.2, -0.15) is 0 Å². The first-order valence-electron chi connectivity index (χ1n) is 6.28. The first-order valence-corrected chi connectivity index (χ1v) is 6.28. The van der Waals surface area contributed by atoms with Gasteiger partial charge < -0.3 is 9.73 Å². The van der Waals surface area contributed by atoms with Crippen molar-refractivity contribution in [3.8, 4) is 0 Å². The summed E-state index contributed by atoms with van der Waals surface area (Å²) in [7, 11) is 0. The number of hydrogen-bond acceptors (Lipinski definition) is 4. The summed E-state index contributed by atoms with van der Waals surface area (Å²) >= 11 is 0. The highest BCUT2D eigenvalue weighted by Gasteiger charge is 2.08. The molecule has 92 valence electrons. The molecule has 0 bridgehead atoms. The van der Waals surface area contributed by atoms with Gasteiger partial charge in [-0.15, -0.1) is 10.2 Å². The van der Waals surface area contributed by atoms with Crippen LogP contribution in [0.5, 0.6) is 0 Å². The van der Waals surface area contributed by atoms with Gasteiger partial charge in [0.05, 0.1) is 6.54 Å². The highest BCUT2D eigenvalue weighted by molar-refractivity contribution is 4.79. The van der Waals surface area contributed by atoms with E-state index in [0.29, 0.717) is 24.4 Å². The summed E-state index contributed by atoms with van der Waals surface area (Å²) in [5, 5.41) is 11.3. The summed E-state index contributed by atoms with van der Waals surface area (Å²) in [4.78, 5) is 0. The van der Waals surface area contributed by atoms with Crippen LogP contribution >= 0.6 is 0 Å². The number of aryl methyl sites for hydroxylation is 1. The van der Waals surface area contributed by atoms with Crippen LogP contribution in [0.1, 0.15) is 57.7 Å². The van der Waals surface area contributed by atoms with Gasteiger partial charge in [0.15, 0.2) is 0 Å². The molecule has 0 amide bonds. The molecule has 0 radical (unpaired) electrons. The summed E-state index contributed by atoms with van der Waals surface area (Å²) in [6, 6.07) is 0.581. The van der Waals surface area contributed by atoms with Crippen LogP contribution in [0, 0.1) is 6.92 Å². The lowest BCUT2D eigenvalue weighted by molar-refractivity contribution is 0.388. The van der Waals surface area contributed by atoms with E-state index in [1.807, 2.05) is 6.92 Å². The van der Waals surface area contributed by atoms with Crippen LogP contribution in [-0.4, -0.2) is 16.2 Å². The van der Waals surface area contributed by atoms with Crippen molar-refractivity contribution in [2.45, 2.75) is 65.5 Å². The van der Waals surface area contributed by atoms with E-state index in [0.717, 1.165) is 0 Å². The standard InChI is InChI=1S/C12H23N3O/c1-4-6-8-11(7-5-2)13-9-12-15-14-10(3)16-12/h11,13H,4-9H2,1-3H3. The summed E-state index contributed by atoms with van der Waals surface area (Å²) < 4.78 is 5.33. The highest BCUT2D eigenvalue weighted by Crippen LogP contribution is 2.08. The number of unbranched alkanes of at least 4 members (excludes halogenated alkanes) is 1. The molecule has 0 aliphatic carbocycles. The van der Waals surface area contributed by atoms with E-state index in [2.05, 4.69) is 29.4 Å². The van der Waals surface area contributed by atoms with Gasteiger partial charge in [-0.1, -0.05) is 33.1 Å². The normalized spacial score (nSPS) is 12.9. The molecule has 0 spiro atoms. The second-order valence-corrected chi connectivity index (χ2v) is 4.22. The number of nitrogens with one attached hydrogen (secondary N) is 1. The summed E-state index contributed by atoms with van der Waals surface area (Å²) in [6.07, 6.45) is 6.19. The van der Waals surface area contributed by atoms with E-state index >= 15 is 0 Å². The molecule has 1 aromatic heterocycles. The lowest BCUT2D eigenvalue weighted by Crippen LogP contribution is -2.28. The minimum atomic E-state index is 0.581. The molecular formula is C12H23N3O. The minimum Gasteiger partial charge on any atom is -0.424 e. The van der Waals surface area contributed by atoms with Crippen LogP contribution in [0.4, 0.5) is 0 Å². The van der Waals surface area contributed by atoms with Gasteiger partial charge in [0.1, 0.15) is 0 Å². The summed E-state index contributed by atoms with van der Waals surface area (Å²) in [6.45, 7) is 6.95. The smallest absolute Gasteiger partial charge is 0.230 e. The Bertz CT molecular complexity index is 286. The maximum atomic E-state index is 5.33. The molecule has 4 heteroatoms. The third-order valence-electron chi connectivity index (χ3n) is 2.65. The van der Waals surface area contributed by atoms with Gasteiger partial charge in [0.2, 0.25) is 11.8 Å². The average Bonchev–Trinajstić information content (AvgIpc) is 2.68. The third-order valence-corrected chi connectivity index (χ3v) is 2.65. The predicted molar refractivity (Wildman–Crippen MR) is 64.1 cm³/mol. The van der Waals surface area contributed by atoms with Crippen molar-refractivity contribution in [1.82, 2.24) is 15.5 Å². The molecule has 1 unspecified atom stereocenters. The zero-order valence-electron chi connectivity index (χ0n) is 10.6. The van der Waals surface area contributed by atoms with E-state index < -0.39 is 0 Å². The van der Waals surface area contributed by atoms with E-state index in [1.165, 1.54) is 32.1 Å². The van der Waals surface area contributed by atoms with Gasteiger partial charge >= 0.3 is 0 Å². The molecular weight excluding hydrogens is 202 g/mol. The number of rotatable bonds is 8. The van der Waals surface area contributed by atoms with E-state index in [9.17, 15) is 0 Å². The van der Waals surface area contributed by atoms with Crippen molar-refractivity contribution in [3.63, 3.8) is 0 Å². The van der Waals surface area contributed by atoms with Crippen molar-refractivity contribution < 1.29 is 4.42 Å². The van der Waals surface area contributed by atoms with E-state index in [1.54, 1.807) is 0 Å². The van der Waals surface area contributed by atoms with E-state index in [-0.39, 0.29) is 0 Å². The number of hydrogen-bond donors (Lipinski definition) is 1. The number of aromatic nitrogens is 2. The van der Waals surface area contributed by atoms with Crippen molar-refractivity contribution in [2.75, 3.05) is 0 Å². The molecule has 0 aliphatic heterocycles. The second-order valence-electron chi connectivity index (χ2n) is 4.22. The summed E-state index contributed by atoms with van der Waals surface area (Å²) in [5.41, 5.74) is 0. The van der Waals surface area contributed by atoms with Crippen LogP contribution in [0.25, 0.3) is 0 Å². The van der Waals surface area contributed by atoms with Crippen LogP contribution in [-0.2, 0) is 6.54 Å². The van der Waals surface area contributed by atoms with Crippen LogP contribution in [0.3, 0.4) is 0 Å². The van der Waals surface area contributed by atoms with Crippen LogP contribution in [0.2, 0.25) is 0 Å². The van der Waals surface area contributed by atoms with Crippen molar-refractivity contribution >= 4 is 0 Å². The molecule has 1 rings (SSSR count). The fraction of sp³-hybridized carbons (Fsp3) is 0.833. The van der Waals surface area contributed by atoms with Gasteiger partial charge in [-0.3, -0.25) is 0 Å². The van der Waals surface area contributed by atoms with Gasteiger partial charge in [0.25, 0.3) is 0 Å². The Labute approximate surface area is 97.8 Å². The molecule has 16 heavy (non-hydrogen) atoms. The SMILES string of the molecule is CCCCC(CCC)NCc1nnc(C)o1. The zero-order chi connectivity index (χ0) is 11.8. The fourth-order valence-corrected chi connectivity index (χ4v) is 1.79. The molecule has 0 saturated heterocycles. The van der Waals surface area contributed by atoms with Crippen molar-refractivity contribution in [3.05, 3.63) is 11.8 Å². The topological polar surface area (TPSA) is 51.0 Å². The molecule has 0 saturated carbocycles. The van der Waals surface area contributed by atoms with Crippen LogP contribution < -0.4 is 5.32 Å². The minimum absolute atomic E-state index is 0.581. The molecule has 0 aromatic carbocycles. The Morgan fingerprint density at radius 2 is 2.00 bits per heavy atom. The largest absolute Gasteiger partial charge is 0.424 e. The third kappa shape index (κ3) is 4.75. The lowest BCUT2D eigenvalue weighted by Gasteiger charge is -2.16. The fourth-order valence-electron chi connectivity index (χ4n) is 1.79. The Kier molecular flexibility index (Phi) is 6.08. The number of nitrogens with zero attached hydrogens (tertiary/aromatic N) is 2. The zero-order valence-corrected chi connectivity index (χ0v) is 10.6. The molecule has 1 atom stereocenters. The van der Waals surface area contributed by atoms with E-state index in [4.69, 9.17) is 4.42 Å². The van der Waals surface area contributed by atoms with Gasteiger partial charge in [-0.05, 0) is 12.8 Å². The molecule has 4 nitrogen and oxygen atoms in total. The Hall–Kier alpha value is -0.900. The Morgan fingerprint density at radius 3 is 2.56 bits per heavy atom. The Balaban J connectivity index is 2.30. The molecule has 0 aliphatic rings. The van der Waals surface area contributed by atoms with Crippen LogP contribution in [0.15, 0.2) is 4.42 Å². The van der Waals surface area contributed by atoms with Crippen molar-refractivity contribution in [1.29, 1.82) is 0 Å². The molecule has 0 fully saturated rings.